The quantitative estimate of drug-likeness (QED) is 0.494. The number of nitrogens with zero attached hydrogens (tertiary/aromatic N) is 2. The number of aliphatic hydroxyl groups excluding tert-OH is 2. The maximum absolute atomic E-state index is 10.6. The zero-order chi connectivity index (χ0) is 13.0. The third-order valence-electron chi connectivity index (χ3n) is 2.43. The van der Waals surface area contributed by atoms with Crippen molar-refractivity contribution in [2.75, 3.05) is 6.54 Å². The summed E-state index contributed by atoms with van der Waals surface area (Å²) in [5.74, 6) is 0. The first kappa shape index (κ1) is 13.5. The van der Waals surface area contributed by atoms with E-state index < -0.39 is 17.1 Å². The molecule has 0 fully saturated rings. The topological polar surface area (TPSA) is 123 Å². The van der Waals surface area contributed by atoms with Crippen molar-refractivity contribution in [3.63, 3.8) is 0 Å². The van der Waals surface area contributed by atoms with Crippen molar-refractivity contribution in [2.24, 2.45) is 5.73 Å². The molecule has 0 saturated carbocycles. The molecule has 0 radical (unpaired) electrons. The van der Waals surface area contributed by atoms with E-state index in [0.717, 1.165) is 6.20 Å². The van der Waals surface area contributed by atoms with Gasteiger partial charge in [-0.15, -0.1) is 0 Å². The van der Waals surface area contributed by atoms with Crippen LogP contribution < -0.4 is 5.73 Å². The van der Waals surface area contributed by atoms with Crippen molar-refractivity contribution < 1.29 is 15.1 Å². The predicted octanol–water partition coefficient (Wildman–Crippen LogP) is 0.0413. The Morgan fingerprint density at radius 3 is 2.71 bits per heavy atom. The van der Waals surface area contributed by atoms with E-state index in [1.54, 1.807) is 6.92 Å². The van der Waals surface area contributed by atoms with Crippen LogP contribution in [0.4, 0.5) is 5.69 Å². The number of aryl methyl sites for hydroxylation is 1. The van der Waals surface area contributed by atoms with Gasteiger partial charge in [-0.2, -0.15) is 0 Å². The third kappa shape index (κ3) is 3.19. The molecule has 0 aliphatic rings. The Morgan fingerprint density at radius 2 is 2.24 bits per heavy atom. The first-order valence-electron chi connectivity index (χ1n) is 5.14. The Balaban J connectivity index is 2.93. The number of hydrogen-bond acceptors (Lipinski definition) is 6. The number of aliphatic hydroxyl groups is 2. The van der Waals surface area contributed by atoms with Crippen LogP contribution in [0.2, 0.25) is 0 Å². The fourth-order valence-corrected chi connectivity index (χ4v) is 1.45. The lowest BCUT2D eigenvalue weighted by molar-refractivity contribution is -0.385. The largest absolute Gasteiger partial charge is 0.390 e. The van der Waals surface area contributed by atoms with Crippen molar-refractivity contribution in [3.05, 3.63) is 33.6 Å². The average Bonchev–Trinajstić information content (AvgIpc) is 2.27. The van der Waals surface area contributed by atoms with E-state index in [2.05, 4.69) is 4.98 Å². The van der Waals surface area contributed by atoms with Crippen LogP contribution in [-0.2, 0) is 0 Å². The highest BCUT2D eigenvalue weighted by molar-refractivity contribution is 5.38. The predicted molar refractivity (Wildman–Crippen MR) is 60.3 cm³/mol. The third-order valence-corrected chi connectivity index (χ3v) is 2.43. The van der Waals surface area contributed by atoms with Gasteiger partial charge in [-0.1, -0.05) is 0 Å². The van der Waals surface area contributed by atoms with Gasteiger partial charge in [0, 0.05) is 5.56 Å². The molecule has 7 heteroatoms. The first-order valence-corrected chi connectivity index (χ1v) is 5.14. The van der Waals surface area contributed by atoms with Gasteiger partial charge >= 0.3 is 0 Å². The minimum atomic E-state index is -1.18. The smallest absolute Gasteiger partial charge is 0.290 e. The van der Waals surface area contributed by atoms with Crippen LogP contribution in [0, 0.1) is 17.0 Å². The van der Waals surface area contributed by atoms with Crippen LogP contribution in [0.3, 0.4) is 0 Å². The summed E-state index contributed by atoms with van der Waals surface area (Å²) in [6.45, 7) is 1.79. The van der Waals surface area contributed by atoms with Crippen LogP contribution in [0.5, 0.6) is 0 Å². The molecule has 0 aromatic carbocycles. The number of nitro groups is 1. The normalized spacial score (nSPS) is 14.4. The zero-order valence-electron chi connectivity index (χ0n) is 9.41. The lowest BCUT2D eigenvalue weighted by atomic mass is 10.1. The molecule has 0 bridgehead atoms. The molecule has 0 aliphatic heterocycles. The van der Waals surface area contributed by atoms with E-state index >= 15 is 0 Å². The minimum Gasteiger partial charge on any atom is -0.390 e. The van der Waals surface area contributed by atoms with E-state index in [9.17, 15) is 20.3 Å². The summed E-state index contributed by atoms with van der Waals surface area (Å²) in [5.41, 5.74) is 5.73. The molecule has 2 unspecified atom stereocenters. The molecule has 0 aliphatic carbocycles. The molecule has 17 heavy (non-hydrogen) atoms. The molecule has 2 atom stereocenters. The molecule has 0 spiro atoms. The number of nitrogens with two attached hydrogens (primary N) is 1. The highest BCUT2D eigenvalue weighted by Crippen LogP contribution is 2.22. The van der Waals surface area contributed by atoms with Gasteiger partial charge < -0.3 is 15.9 Å². The maximum atomic E-state index is 10.6. The van der Waals surface area contributed by atoms with Gasteiger partial charge in [0.05, 0.1) is 16.7 Å². The van der Waals surface area contributed by atoms with Gasteiger partial charge in [-0.05, 0) is 26.0 Å². The van der Waals surface area contributed by atoms with Gasteiger partial charge in [-0.3, -0.25) is 15.1 Å². The Bertz CT molecular complexity index is 411. The van der Waals surface area contributed by atoms with Gasteiger partial charge in [0.15, 0.2) is 0 Å². The van der Waals surface area contributed by atoms with E-state index in [1.807, 2.05) is 0 Å². The summed E-state index contributed by atoms with van der Waals surface area (Å²) in [5, 5.41) is 29.8. The van der Waals surface area contributed by atoms with Crippen LogP contribution >= 0.6 is 0 Å². The highest BCUT2D eigenvalue weighted by Gasteiger charge is 2.21. The number of aromatic nitrogens is 1. The first-order chi connectivity index (χ1) is 7.97. The van der Waals surface area contributed by atoms with Gasteiger partial charge in [-0.25, -0.2) is 0 Å². The van der Waals surface area contributed by atoms with Crippen molar-refractivity contribution in [1.82, 2.24) is 4.98 Å². The molecule has 0 amide bonds. The second-order valence-corrected chi connectivity index (χ2v) is 3.74. The van der Waals surface area contributed by atoms with Gasteiger partial charge in [0.1, 0.15) is 12.3 Å². The molecule has 4 N–H and O–H groups in total. The summed E-state index contributed by atoms with van der Waals surface area (Å²) in [6, 6.07) is 1.39. The van der Waals surface area contributed by atoms with Crippen LogP contribution in [0.25, 0.3) is 0 Å². The SMILES string of the molecule is Cc1cc(C(O)C(O)CCN)ncc1[N+](=O)[O-]. The molecule has 94 valence electrons. The summed E-state index contributed by atoms with van der Waals surface area (Å²) in [7, 11) is 0. The lowest BCUT2D eigenvalue weighted by Crippen LogP contribution is -2.22. The summed E-state index contributed by atoms with van der Waals surface area (Å²) in [6.07, 6.45) is -0.895. The second kappa shape index (κ2) is 5.67. The monoisotopic (exact) mass is 241 g/mol. The van der Waals surface area contributed by atoms with E-state index in [1.165, 1.54) is 6.07 Å². The molecule has 1 heterocycles. The zero-order valence-corrected chi connectivity index (χ0v) is 9.41. The van der Waals surface area contributed by atoms with Crippen molar-refractivity contribution in [3.8, 4) is 0 Å². The summed E-state index contributed by atoms with van der Waals surface area (Å²) < 4.78 is 0. The molecular formula is C10H15N3O4. The molecule has 7 nitrogen and oxygen atoms in total. The molecule has 1 aromatic heterocycles. The minimum absolute atomic E-state index is 0.116. The van der Waals surface area contributed by atoms with Crippen molar-refractivity contribution in [1.29, 1.82) is 0 Å². The van der Waals surface area contributed by atoms with Crippen LogP contribution in [0.15, 0.2) is 12.3 Å². The van der Waals surface area contributed by atoms with Gasteiger partial charge in [0.2, 0.25) is 0 Å². The Labute approximate surface area is 98.1 Å². The van der Waals surface area contributed by atoms with E-state index in [0.29, 0.717) is 5.56 Å². The molecule has 1 aromatic rings. The fourth-order valence-electron chi connectivity index (χ4n) is 1.45. The summed E-state index contributed by atoms with van der Waals surface area (Å²) >= 11 is 0. The Morgan fingerprint density at radius 1 is 1.59 bits per heavy atom. The van der Waals surface area contributed by atoms with Crippen molar-refractivity contribution in [2.45, 2.75) is 25.6 Å². The number of hydrogen-bond donors (Lipinski definition) is 3. The van der Waals surface area contributed by atoms with E-state index in [4.69, 9.17) is 5.73 Å². The number of rotatable bonds is 5. The molecular weight excluding hydrogens is 226 g/mol. The Kier molecular flexibility index (Phi) is 4.50. The highest BCUT2D eigenvalue weighted by atomic mass is 16.6. The molecule has 0 saturated heterocycles. The van der Waals surface area contributed by atoms with E-state index in [-0.39, 0.29) is 24.3 Å². The van der Waals surface area contributed by atoms with Crippen LogP contribution in [0.1, 0.15) is 23.8 Å². The molecule has 1 rings (SSSR count). The lowest BCUT2D eigenvalue weighted by Gasteiger charge is -2.16. The fraction of sp³-hybridized carbons (Fsp3) is 0.500. The van der Waals surface area contributed by atoms with Crippen molar-refractivity contribution >= 4 is 5.69 Å². The summed E-state index contributed by atoms with van der Waals surface area (Å²) in [4.78, 5) is 13.8. The van der Waals surface area contributed by atoms with Gasteiger partial charge in [0.25, 0.3) is 5.69 Å². The average molecular weight is 241 g/mol. The Hall–Kier alpha value is -1.57. The number of pyridine rings is 1. The standard InChI is InChI=1S/C10H15N3O4/c1-6-4-7(10(15)9(14)2-3-11)12-5-8(6)13(16)17/h4-5,9-10,14-15H,2-3,11H2,1H3. The van der Waals surface area contributed by atoms with Crippen LogP contribution in [-0.4, -0.2) is 32.8 Å². The maximum Gasteiger partial charge on any atom is 0.290 e. The second-order valence-electron chi connectivity index (χ2n) is 3.74.